The van der Waals surface area contributed by atoms with Gasteiger partial charge in [0.05, 0.1) is 16.2 Å². The Balaban J connectivity index is 1.91. The third-order valence-electron chi connectivity index (χ3n) is 3.50. The van der Waals surface area contributed by atoms with E-state index in [9.17, 15) is 19.7 Å². The zero-order chi connectivity index (χ0) is 21.4. The van der Waals surface area contributed by atoms with Gasteiger partial charge in [-0.2, -0.15) is 5.10 Å². The Hall–Kier alpha value is -3.46. The number of hydrogen-bond acceptors (Lipinski definition) is 6. The average Bonchev–Trinajstić information content (AvgIpc) is 2.67. The molecule has 152 valence electrons. The lowest BCUT2D eigenvalue weighted by molar-refractivity contribution is -0.384. The van der Waals surface area contributed by atoms with Gasteiger partial charge >= 0.3 is 11.8 Å². The van der Waals surface area contributed by atoms with E-state index in [1.165, 1.54) is 18.3 Å². The first-order valence-corrected chi connectivity index (χ1v) is 8.93. The number of halogens is 1. The molecule has 0 saturated carbocycles. The molecule has 0 radical (unpaired) electrons. The Labute approximate surface area is 171 Å². The van der Waals surface area contributed by atoms with Crippen LogP contribution < -0.4 is 15.5 Å². The zero-order valence-corrected chi connectivity index (χ0v) is 16.5. The fourth-order valence-electron chi connectivity index (χ4n) is 2.13. The van der Waals surface area contributed by atoms with Crippen LogP contribution in [0.5, 0.6) is 5.75 Å². The van der Waals surface area contributed by atoms with Gasteiger partial charge in [0.25, 0.3) is 5.69 Å². The van der Waals surface area contributed by atoms with E-state index in [0.29, 0.717) is 16.3 Å². The quantitative estimate of drug-likeness (QED) is 0.310. The van der Waals surface area contributed by atoms with E-state index < -0.39 is 16.7 Å². The molecule has 2 aromatic carbocycles. The molecular weight excluding hydrogens is 400 g/mol. The number of hydrogen-bond donors (Lipinski definition) is 2. The third-order valence-corrected chi connectivity index (χ3v) is 3.80. The van der Waals surface area contributed by atoms with Crippen molar-refractivity contribution in [3.63, 3.8) is 0 Å². The summed E-state index contributed by atoms with van der Waals surface area (Å²) in [6.07, 6.45) is 1.34. The maximum Gasteiger partial charge on any atom is 0.329 e. The number of non-ortho nitro benzene ring substituents is 1. The van der Waals surface area contributed by atoms with Crippen LogP contribution in [0, 0.1) is 10.1 Å². The first-order valence-electron chi connectivity index (χ1n) is 8.56. The molecule has 2 N–H and O–H groups in total. The van der Waals surface area contributed by atoms with Crippen LogP contribution in [0.25, 0.3) is 0 Å². The van der Waals surface area contributed by atoms with E-state index in [1.807, 2.05) is 0 Å². The van der Waals surface area contributed by atoms with Crippen LogP contribution in [0.15, 0.2) is 47.6 Å². The average molecular weight is 419 g/mol. The van der Waals surface area contributed by atoms with Crippen molar-refractivity contribution in [3.8, 4) is 5.75 Å². The molecule has 10 heteroatoms. The highest BCUT2D eigenvalue weighted by Gasteiger charge is 2.13. The minimum Gasteiger partial charge on any atom is -0.487 e. The zero-order valence-electron chi connectivity index (χ0n) is 15.7. The van der Waals surface area contributed by atoms with Gasteiger partial charge in [-0.3, -0.25) is 19.7 Å². The Morgan fingerprint density at radius 1 is 1.21 bits per heavy atom. The van der Waals surface area contributed by atoms with Crippen LogP contribution >= 0.6 is 11.6 Å². The number of ether oxygens (including phenoxy) is 1. The molecular formula is C19H19ClN4O5. The van der Waals surface area contributed by atoms with Crippen LogP contribution in [0.3, 0.4) is 0 Å². The van der Waals surface area contributed by atoms with Gasteiger partial charge in [0.15, 0.2) is 0 Å². The van der Waals surface area contributed by atoms with E-state index in [-0.39, 0.29) is 18.3 Å². The number of nitrogens with one attached hydrogen (secondary N) is 2. The van der Waals surface area contributed by atoms with Crippen molar-refractivity contribution < 1.29 is 19.2 Å². The normalized spacial score (nSPS) is 10.8. The number of benzene rings is 2. The second-order valence-corrected chi connectivity index (χ2v) is 6.64. The van der Waals surface area contributed by atoms with Gasteiger partial charge in [0, 0.05) is 18.2 Å². The number of carbonyl (C=O) groups is 2. The van der Waals surface area contributed by atoms with E-state index in [1.54, 1.807) is 44.2 Å². The summed E-state index contributed by atoms with van der Waals surface area (Å²) in [7, 11) is 0. The van der Waals surface area contributed by atoms with Gasteiger partial charge in [-0.15, -0.1) is 0 Å². The highest BCUT2D eigenvalue weighted by molar-refractivity contribution is 6.35. The largest absolute Gasteiger partial charge is 0.487 e. The molecule has 0 aliphatic rings. The molecule has 9 nitrogen and oxygen atoms in total. The van der Waals surface area contributed by atoms with E-state index in [0.717, 1.165) is 5.56 Å². The molecule has 29 heavy (non-hydrogen) atoms. The lowest BCUT2D eigenvalue weighted by Crippen LogP contribution is -2.41. The number of nitro groups is 1. The van der Waals surface area contributed by atoms with Gasteiger partial charge in [-0.05, 0) is 55.3 Å². The summed E-state index contributed by atoms with van der Waals surface area (Å²) < 4.78 is 5.62. The number of amides is 2. The predicted octanol–water partition coefficient (Wildman–Crippen LogP) is 2.80. The SMILES string of the molecule is CC(C)NC(=O)C(=O)N/N=C\c1ccc(OCc2ccc([N+](=O)[O-])cc2)c(Cl)c1. The Morgan fingerprint density at radius 2 is 1.90 bits per heavy atom. The second kappa shape index (κ2) is 10.2. The molecule has 0 fully saturated rings. The fourth-order valence-corrected chi connectivity index (χ4v) is 2.38. The number of nitro benzene ring substituents is 1. The number of rotatable bonds is 7. The lowest BCUT2D eigenvalue weighted by atomic mass is 10.2. The molecule has 0 saturated heterocycles. The number of carbonyl (C=O) groups excluding carboxylic acids is 2. The summed E-state index contributed by atoms with van der Waals surface area (Å²) in [4.78, 5) is 33.2. The van der Waals surface area contributed by atoms with Gasteiger partial charge in [0.2, 0.25) is 0 Å². The first-order chi connectivity index (χ1) is 13.8. The van der Waals surface area contributed by atoms with Gasteiger partial charge in [-0.25, -0.2) is 5.43 Å². The molecule has 0 unspecified atom stereocenters. The monoisotopic (exact) mass is 418 g/mol. The standard InChI is InChI=1S/C19H19ClN4O5/c1-12(2)22-18(25)19(26)23-21-10-14-5-8-17(16(20)9-14)29-11-13-3-6-15(7-4-13)24(27)28/h3-10,12H,11H2,1-2H3,(H,22,25)(H,23,26)/b21-10-. The van der Waals surface area contributed by atoms with Crippen LogP contribution in [-0.2, 0) is 16.2 Å². The van der Waals surface area contributed by atoms with Crippen molar-refractivity contribution in [2.45, 2.75) is 26.5 Å². The van der Waals surface area contributed by atoms with Gasteiger partial charge in [0.1, 0.15) is 12.4 Å². The highest BCUT2D eigenvalue weighted by atomic mass is 35.5. The Morgan fingerprint density at radius 3 is 2.48 bits per heavy atom. The van der Waals surface area contributed by atoms with Crippen molar-refractivity contribution >= 4 is 35.3 Å². The number of hydrazone groups is 1. The molecule has 0 spiro atoms. The van der Waals surface area contributed by atoms with Crippen molar-refractivity contribution in [1.82, 2.24) is 10.7 Å². The predicted molar refractivity (Wildman–Crippen MR) is 108 cm³/mol. The van der Waals surface area contributed by atoms with E-state index in [2.05, 4.69) is 15.8 Å². The molecule has 0 aromatic heterocycles. The van der Waals surface area contributed by atoms with Crippen LogP contribution in [-0.4, -0.2) is 29.0 Å². The molecule has 0 aliphatic carbocycles. The minimum atomic E-state index is -0.871. The molecule has 2 rings (SSSR count). The van der Waals surface area contributed by atoms with E-state index in [4.69, 9.17) is 16.3 Å². The lowest BCUT2D eigenvalue weighted by Gasteiger charge is -2.09. The summed E-state index contributed by atoms with van der Waals surface area (Å²) in [5, 5.41) is 17.1. The molecule has 2 amide bonds. The smallest absolute Gasteiger partial charge is 0.329 e. The van der Waals surface area contributed by atoms with Crippen molar-refractivity contribution in [2.24, 2.45) is 5.10 Å². The van der Waals surface area contributed by atoms with Crippen LogP contribution in [0.2, 0.25) is 5.02 Å². The Bertz CT molecular complexity index is 929. The van der Waals surface area contributed by atoms with Crippen molar-refractivity contribution in [3.05, 3.63) is 68.7 Å². The summed E-state index contributed by atoms with van der Waals surface area (Å²) in [6.45, 7) is 3.66. The minimum absolute atomic E-state index is 0.00389. The summed E-state index contributed by atoms with van der Waals surface area (Å²) in [5.41, 5.74) is 3.46. The maximum absolute atomic E-state index is 11.5. The van der Waals surface area contributed by atoms with E-state index >= 15 is 0 Å². The van der Waals surface area contributed by atoms with Gasteiger partial charge in [-0.1, -0.05) is 11.6 Å². The number of nitrogens with zero attached hydrogens (tertiary/aromatic N) is 2. The summed E-state index contributed by atoms with van der Waals surface area (Å²) in [5.74, 6) is -1.23. The summed E-state index contributed by atoms with van der Waals surface area (Å²) in [6, 6.07) is 10.7. The first kappa shape index (κ1) is 21.8. The van der Waals surface area contributed by atoms with Crippen molar-refractivity contribution in [1.29, 1.82) is 0 Å². The Kier molecular flexibility index (Phi) is 7.67. The topological polar surface area (TPSA) is 123 Å². The summed E-state index contributed by atoms with van der Waals surface area (Å²) >= 11 is 6.18. The second-order valence-electron chi connectivity index (χ2n) is 6.23. The van der Waals surface area contributed by atoms with Crippen molar-refractivity contribution in [2.75, 3.05) is 0 Å². The van der Waals surface area contributed by atoms with Crippen LogP contribution in [0.1, 0.15) is 25.0 Å². The third kappa shape index (κ3) is 6.89. The molecule has 0 heterocycles. The fraction of sp³-hybridized carbons (Fsp3) is 0.211. The molecule has 2 aromatic rings. The maximum atomic E-state index is 11.5. The van der Waals surface area contributed by atoms with Crippen LogP contribution in [0.4, 0.5) is 5.69 Å². The highest BCUT2D eigenvalue weighted by Crippen LogP contribution is 2.26. The molecule has 0 atom stereocenters. The van der Waals surface area contributed by atoms with Gasteiger partial charge < -0.3 is 10.1 Å². The molecule has 0 aliphatic heterocycles. The molecule has 0 bridgehead atoms.